The lowest BCUT2D eigenvalue weighted by molar-refractivity contribution is 0.373. The second kappa shape index (κ2) is 3.62. The molecule has 0 aromatic heterocycles. The van der Waals surface area contributed by atoms with Crippen LogP contribution < -0.4 is 5.73 Å². The number of likely N-dealkylation sites (tertiary alicyclic amines) is 1. The minimum absolute atomic E-state index is 0.362. The molecule has 0 radical (unpaired) electrons. The molecule has 1 saturated heterocycles. The second-order valence-electron chi connectivity index (χ2n) is 2.93. The molecular formula is C8H16N2. The van der Waals surface area contributed by atoms with Gasteiger partial charge in [0.15, 0.2) is 0 Å². The molecule has 2 nitrogen and oxygen atoms in total. The average Bonchev–Trinajstić information content (AvgIpc) is 2.13. The number of nitrogens with two attached hydrogens (primary N) is 1. The zero-order valence-electron chi connectivity index (χ0n) is 6.42. The van der Waals surface area contributed by atoms with Crippen LogP contribution in [-0.2, 0) is 0 Å². The maximum absolute atomic E-state index is 5.81. The van der Waals surface area contributed by atoms with E-state index < -0.39 is 0 Å². The van der Waals surface area contributed by atoms with Crippen molar-refractivity contribution in [2.24, 2.45) is 5.73 Å². The van der Waals surface area contributed by atoms with Crippen LogP contribution in [0.1, 0.15) is 19.3 Å². The standard InChI is InChI=1S/C8H16N2/c1-2-10-6-4-3-5-8(9)7-10/h2,8H,1,3-7,9H2. The van der Waals surface area contributed by atoms with E-state index in [1.807, 2.05) is 6.20 Å². The summed E-state index contributed by atoms with van der Waals surface area (Å²) >= 11 is 0. The predicted molar refractivity (Wildman–Crippen MR) is 43.6 cm³/mol. The number of hydrogen-bond donors (Lipinski definition) is 1. The highest BCUT2D eigenvalue weighted by atomic mass is 15.1. The molecule has 0 aromatic rings. The van der Waals surface area contributed by atoms with E-state index in [1.54, 1.807) is 0 Å². The van der Waals surface area contributed by atoms with Gasteiger partial charge in [0.25, 0.3) is 0 Å². The Labute approximate surface area is 62.7 Å². The Morgan fingerprint density at radius 1 is 1.50 bits per heavy atom. The van der Waals surface area contributed by atoms with Crippen LogP contribution in [0.15, 0.2) is 12.8 Å². The highest BCUT2D eigenvalue weighted by molar-refractivity contribution is 4.79. The quantitative estimate of drug-likeness (QED) is 0.587. The molecule has 1 aliphatic heterocycles. The first-order valence-electron chi connectivity index (χ1n) is 3.95. The van der Waals surface area contributed by atoms with Gasteiger partial charge in [-0.1, -0.05) is 13.0 Å². The van der Waals surface area contributed by atoms with E-state index in [1.165, 1.54) is 19.3 Å². The van der Waals surface area contributed by atoms with E-state index in [0.717, 1.165) is 13.1 Å². The van der Waals surface area contributed by atoms with Crippen LogP contribution in [-0.4, -0.2) is 24.0 Å². The van der Waals surface area contributed by atoms with Crippen LogP contribution in [0, 0.1) is 0 Å². The van der Waals surface area contributed by atoms with E-state index in [-0.39, 0.29) is 0 Å². The van der Waals surface area contributed by atoms with Crippen molar-refractivity contribution in [3.05, 3.63) is 12.8 Å². The van der Waals surface area contributed by atoms with Crippen molar-refractivity contribution in [3.8, 4) is 0 Å². The van der Waals surface area contributed by atoms with Crippen molar-refractivity contribution in [1.29, 1.82) is 0 Å². The number of hydrogen-bond acceptors (Lipinski definition) is 2. The summed E-state index contributed by atoms with van der Waals surface area (Å²) in [6, 6.07) is 0.362. The fourth-order valence-corrected chi connectivity index (χ4v) is 1.37. The maximum Gasteiger partial charge on any atom is 0.0324 e. The fraction of sp³-hybridized carbons (Fsp3) is 0.750. The molecule has 1 heterocycles. The van der Waals surface area contributed by atoms with Crippen LogP contribution in [0.4, 0.5) is 0 Å². The summed E-state index contributed by atoms with van der Waals surface area (Å²) in [5, 5.41) is 0. The van der Waals surface area contributed by atoms with Gasteiger partial charge in [-0.15, -0.1) is 0 Å². The van der Waals surface area contributed by atoms with Gasteiger partial charge in [-0.25, -0.2) is 0 Å². The average molecular weight is 140 g/mol. The van der Waals surface area contributed by atoms with Gasteiger partial charge in [-0.2, -0.15) is 0 Å². The lowest BCUT2D eigenvalue weighted by Crippen LogP contribution is -2.32. The molecule has 1 fully saturated rings. The maximum atomic E-state index is 5.81. The molecular weight excluding hydrogens is 124 g/mol. The Bertz CT molecular complexity index is 112. The Morgan fingerprint density at radius 2 is 2.30 bits per heavy atom. The molecule has 1 rings (SSSR count). The zero-order chi connectivity index (χ0) is 7.40. The van der Waals surface area contributed by atoms with Gasteiger partial charge in [0, 0.05) is 19.1 Å². The van der Waals surface area contributed by atoms with Crippen molar-refractivity contribution in [3.63, 3.8) is 0 Å². The summed E-state index contributed by atoms with van der Waals surface area (Å²) in [6.07, 6.45) is 5.60. The van der Waals surface area contributed by atoms with Crippen molar-refractivity contribution in [2.75, 3.05) is 13.1 Å². The summed E-state index contributed by atoms with van der Waals surface area (Å²) < 4.78 is 0. The van der Waals surface area contributed by atoms with Crippen LogP contribution in [0.3, 0.4) is 0 Å². The SMILES string of the molecule is C=CN1CCCCC(N)C1. The Kier molecular flexibility index (Phi) is 2.75. The third-order valence-electron chi connectivity index (χ3n) is 2.00. The molecule has 0 bridgehead atoms. The van der Waals surface area contributed by atoms with Gasteiger partial charge in [0.1, 0.15) is 0 Å². The van der Waals surface area contributed by atoms with Gasteiger partial charge in [0.2, 0.25) is 0 Å². The molecule has 1 atom stereocenters. The number of rotatable bonds is 1. The lowest BCUT2D eigenvalue weighted by atomic mass is 10.2. The summed E-state index contributed by atoms with van der Waals surface area (Å²) in [4.78, 5) is 2.21. The van der Waals surface area contributed by atoms with Gasteiger partial charge in [-0.3, -0.25) is 0 Å². The normalized spacial score (nSPS) is 27.7. The first-order chi connectivity index (χ1) is 4.83. The van der Waals surface area contributed by atoms with E-state index in [4.69, 9.17) is 5.73 Å². The van der Waals surface area contributed by atoms with Crippen LogP contribution in [0.25, 0.3) is 0 Å². The third-order valence-corrected chi connectivity index (χ3v) is 2.00. The van der Waals surface area contributed by atoms with E-state index >= 15 is 0 Å². The van der Waals surface area contributed by atoms with Gasteiger partial charge in [0.05, 0.1) is 0 Å². The first-order valence-corrected chi connectivity index (χ1v) is 3.95. The number of nitrogens with zero attached hydrogens (tertiary/aromatic N) is 1. The molecule has 58 valence electrons. The molecule has 2 heteroatoms. The van der Waals surface area contributed by atoms with Crippen LogP contribution in [0.2, 0.25) is 0 Å². The molecule has 1 aliphatic rings. The van der Waals surface area contributed by atoms with E-state index in [9.17, 15) is 0 Å². The molecule has 2 N–H and O–H groups in total. The van der Waals surface area contributed by atoms with E-state index in [0.29, 0.717) is 6.04 Å². The Balaban J connectivity index is 2.37. The summed E-state index contributed by atoms with van der Waals surface area (Å²) in [6.45, 7) is 5.86. The summed E-state index contributed by atoms with van der Waals surface area (Å²) in [5.74, 6) is 0. The molecule has 1 unspecified atom stereocenters. The minimum Gasteiger partial charge on any atom is -0.376 e. The van der Waals surface area contributed by atoms with Crippen molar-refractivity contribution < 1.29 is 0 Å². The van der Waals surface area contributed by atoms with Gasteiger partial charge < -0.3 is 10.6 Å². The molecule has 0 spiro atoms. The molecule has 10 heavy (non-hydrogen) atoms. The Morgan fingerprint density at radius 3 is 3.00 bits per heavy atom. The van der Waals surface area contributed by atoms with Gasteiger partial charge >= 0.3 is 0 Å². The van der Waals surface area contributed by atoms with Crippen molar-refractivity contribution in [1.82, 2.24) is 4.90 Å². The smallest absolute Gasteiger partial charge is 0.0324 e. The summed E-state index contributed by atoms with van der Waals surface area (Å²) in [7, 11) is 0. The third kappa shape index (κ3) is 2.03. The molecule has 0 amide bonds. The van der Waals surface area contributed by atoms with Gasteiger partial charge in [-0.05, 0) is 19.0 Å². The first kappa shape index (κ1) is 7.61. The lowest BCUT2D eigenvalue weighted by Gasteiger charge is -2.19. The minimum atomic E-state index is 0.362. The van der Waals surface area contributed by atoms with E-state index in [2.05, 4.69) is 11.5 Å². The van der Waals surface area contributed by atoms with Crippen molar-refractivity contribution in [2.45, 2.75) is 25.3 Å². The highest BCUT2D eigenvalue weighted by Gasteiger charge is 2.10. The second-order valence-corrected chi connectivity index (χ2v) is 2.93. The topological polar surface area (TPSA) is 29.3 Å². The monoisotopic (exact) mass is 140 g/mol. The van der Waals surface area contributed by atoms with Crippen molar-refractivity contribution >= 4 is 0 Å². The van der Waals surface area contributed by atoms with Crippen LogP contribution >= 0.6 is 0 Å². The molecule has 0 aromatic carbocycles. The highest BCUT2D eigenvalue weighted by Crippen LogP contribution is 2.08. The largest absolute Gasteiger partial charge is 0.376 e. The van der Waals surface area contributed by atoms with Crippen LogP contribution in [0.5, 0.6) is 0 Å². The molecule has 0 aliphatic carbocycles. The predicted octanol–water partition coefficient (Wildman–Crippen LogP) is 0.943. The summed E-state index contributed by atoms with van der Waals surface area (Å²) in [5.41, 5.74) is 5.81. The Hall–Kier alpha value is -0.500. The zero-order valence-corrected chi connectivity index (χ0v) is 6.42. The fourth-order valence-electron chi connectivity index (χ4n) is 1.37. The molecule has 0 saturated carbocycles.